The van der Waals surface area contributed by atoms with Crippen LogP contribution in [0.3, 0.4) is 0 Å². The Hall–Kier alpha value is -1.40. The van der Waals surface area contributed by atoms with Gasteiger partial charge in [-0.05, 0) is 30.7 Å². The van der Waals surface area contributed by atoms with Gasteiger partial charge >= 0.3 is 11.9 Å². The number of rotatable bonds is 6. The van der Waals surface area contributed by atoms with Crippen molar-refractivity contribution >= 4 is 27.9 Å². The summed E-state index contributed by atoms with van der Waals surface area (Å²) in [5, 5.41) is 9.43. The lowest BCUT2D eigenvalue weighted by molar-refractivity contribution is -0.240. The highest BCUT2D eigenvalue weighted by Gasteiger charge is 2.09. The van der Waals surface area contributed by atoms with Crippen LogP contribution in [-0.2, 0) is 9.78 Å². The van der Waals surface area contributed by atoms with Crippen LogP contribution in [0, 0.1) is 0 Å². The number of alkyl halides is 1. The van der Waals surface area contributed by atoms with Crippen LogP contribution < -0.4 is 0 Å². The predicted molar refractivity (Wildman–Crippen MR) is 63.2 cm³/mol. The highest BCUT2D eigenvalue weighted by Crippen LogP contribution is 2.06. The van der Waals surface area contributed by atoms with Crippen molar-refractivity contribution in [1.29, 1.82) is 0 Å². The molecule has 0 fully saturated rings. The Morgan fingerprint density at radius 1 is 1.18 bits per heavy atom. The zero-order valence-electron chi connectivity index (χ0n) is 8.89. The Labute approximate surface area is 106 Å². The summed E-state index contributed by atoms with van der Waals surface area (Å²) in [5.74, 6) is -1.69. The molecule has 0 aliphatic heterocycles. The molecule has 6 heteroatoms. The van der Waals surface area contributed by atoms with E-state index in [1.807, 2.05) is 0 Å². The van der Waals surface area contributed by atoms with Crippen LogP contribution in [0.1, 0.15) is 27.1 Å². The smallest absolute Gasteiger partial charge is 0.373 e. The summed E-state index contributed by atoms with van der Waals surface area (Å²) in [6, 6.07) is 5.41. The highest BCUT2D eigenvalue weighted by atomic mass is 79.9. The van der Waals surface area contributed by atoms with Crippen molar-refractivity contribution in [3.8, 4) is 0 Å². The maximum absolute atomic E-state index is 11.4. The summed E-state index contributed by atoms with van der Waals surface area (Å²) in [4.78, 5) is 31.2. The summed E-state index contributed by atoms with van der Waals surface area (Å²) in [5.41, 5.74) is 0.357. The molecule has 0 radical (unpaired) electrons. The second kappa shape index (κ2) is 7.03. The molecule has 0 bridgehead atoms. The lowest BCUT2D eigenvalue weighted by atomic mass is 10.1. The van der Waals surface area contributed by atoms with Crippen LogP contribution in [-0.4, -0.2) is 29.0 Å². The number of carboxylic acids is 1. The molecule has 17 heavy (non-hydrogen) atoms. The molecule has 0 saturated heterocycles. The monoisotopic (exact) mass is 302 g/mol. The van der Waals surface area contributed by atoms with E-state index in [1.54, 1.807) is 0 Å². The maximum Gasteiger partial charge on any atom is 0.373 e. The molecule has 1 aromatic rings. The number of benzene rings is 1. The fraction of sp³-hybridized carbons (Fsp3) is 0.273. The second-order valence-electron chi connectivity index (χ2n) is 3.12. The number of aromatic carboxylic acids is 1. The van der Waals surface area contributed by atoms with E-state index in [0.29, 0.717) is 6.61 Å². The molecule has 92 valence electrons. The summed E-state index contributed by atoms with van der Waals surface area (Å²) in [6.07, 6.45) is 0.727. The van der Waals surface area contributed by atoms with Gasteiger partial charge in [0.15, 0.2) is 0 Å². The summed E-state index contributed by atoms with van der Waals surface area (Å²) in [6.45, 7) is 0.310. The molecule has 1 N–H and O–H groups in total. The van der Waals surface area contributed by atoms with Crippen LogP contribution in [0.2, 0.25) is 0 Å². The molecule has 0 heterocycles. The van der Waals surface area contributed by atoms with Crippen molar-refractivity contribution in [3.63, 3.8) is 0 Å². The van der Waals surface area contributed by atoms with Gasteiger partial charge in [0.25, 0.3) is 0 Å². The molecular weight excluding hydrogens is 292 g/mol. The molecule has 5 nitrogen and oxygen atoms in total. The number of carboxylic acid groups (broad SMARTS) is 1. The first-order valence-corrected chi connectivity index (χ1v) is 6.00. The van der Waals surface area contributed by atoms with Crippen molar-refractivity contribution in [3.05, 3.63) is 35.4 Å². The Kier molecular flexibility index (Phi) is 5.65. The summed E-state index contributed by atoms with van der Waals surface area (Å²) >= 11 is 3.21. The number of hydrogen-bond acceptors (Lipinski definition) is 4. The average molecular weight is 303 g/mol. The fourth-order valence-corrected chi connectivity index (χ4v) is 1.23. The Bertz CT molecular complexity index is 387. The zero-order chi connectivity index (χ0) is 12.7. The van der Waals surface area contributed by atoms with E-state index < -0.39 is 11.9 Å². The van der Waals surface area contributed by atoms with E-state index in [9.17, 15) is 9.59 Å². The van der Waals surface area contributed by atoms with Crippen LogP contribution >= 0.6 is 15.9 Å². The molecule has 0 atom stereocenters. The standard InChI is InChI=1S/C11H11BrO5/c12-6-1-7-16-17-11(15)9-4-2-8(3-5-9)10(13)14/h2-5H,1,6-7H2,(H,13,14). The third-order valence-corrected chi connectivity index (χ3v) is 2.42. The average Bonchev–Trinajstić information content (AvgIpc) is 2.34. The maximum atomic E-state index is 11.4. The van der Waals surface area contributed by atoms with Crippen molar-refractivity contribution in [1.82, 2.24) is 0 Å². The minimum Gasteiger partial charge on any atom is -0.478 e. The summed E-state index contributed by atoms with van der Waals surface area (Å²) < 4.78 is 0. The van der Waals surface area contributed by atoms with E-state index in [1.165, 1.54) is 24.3 Å². The largest absolute Gasteiger partial charge is 0.478 e. The van der Waals surface area contributed by atoms with Gasteiger partial charge in [0.2, 0.25) is 0 Å². The quantitative estimate of drug-likeness (QED) is 0.378. The molecule has 0 aliphatic carbocycles. The van der Waals surface area contributed by atoms with Gasteiger partial charge in [0.1, 0.15) is 0 Å². The van der Waals surface area contributed by atoms with Gasteiger partial charge < -0.3 is 5.11 Å². The van der Waals surface area contributed by atoms with Crippen LogP contribution in [0.5, 0.6) is 0 Å². The number of carbonyl (C=O) groups is 2. The minimum absolute atomic E-state index is 0.113. The summed E-state index contributed by atoms with van der Waals surface area (Å²) in [7, 11) is 0. The van der Waals surface area contributed by atoms with E-state index >= 15 is 0 Å². The van der Waals surface area contributed by atoms with Crippen molar-refractivity contribution < 1.29 is 24.5 Å². The molecule has 0 aromatic heterocycles. The number of halogens is 1. The molecule has 0 aliphatic rings. The van der Waals surface area contributed by atoms with Gasteiger partial charge in [0.05, 0.1) is 17.7 Å². The first kappa shape index (κ1) is 13.7. The Balaban J connectivity index is 2.49. The molecule has 0 unspecified atom stereocenters. The number of carbonyl (C=O) groups excluding carboxylic acids is 1. The topological polar surface area (TPSA) is 72.8 Å². The van der Waals surface area contributed by atoms with Gasteiger partial charge in [-0.25, -0.2) is 9.59 Å². The fourth-order valence-electron chi connectivity index (χ4n) is 1.01. The van der Waals surface area contributed by atoms with Crippen molar-refractivity contribution in [2.75, 3.05) is 11.9 Å². The van der Waals surface area contributed by atoms with Gasteiger partial charge in [-0.2, -0.15) is 4.89 Å². The SMILES string of the molecule is O=C(O)c1ccc(C(=O)OOCCCBr)cc1. The molecular formula is C11H11BrO5. The predicted octanol–water partition coefficient (Wildman–Crippen LogP) is 2.26. The third-order valence-electron chi connectivity index (χ3n) is 1.86. The molecule has 1 aromatic carbocycles. The molecule has 0 saturated carbocycles. The first-order valence-electron chi connectivity index (χ1n) is 4.88. The van der Waals surface area contributed by atoms with Crippen molar-refractivity contribution in [2.45, 2.75) is 6.42 Å². The third kappa shape index (κ3) is 4.54. The van der Waals surface area contributed by atoms with E-state index in [2.05, 4.69) is 25.7 Å². The van der Waals surface area contributed by atoms with Gasteiger partial charge in [-0.15, -0.1) is 0 Å². The minimum atomic E-state index is -1.04. The van der Waals surface area contributed by atoms with Gasteiger partial charge in [0, 0.05) is 5.33 Å². The Morgan fingerprint density at radius 2 is 1.76 bits per heavy atom. The normalized spacial score (nSPS) is 9.94. The van der Waals surface area contributed by atoms with Crippen molar-refractivity contribution in [2.24, 2.45) is 0 Å². The lowest BCUT2D eigenvalue weighted by Gasteiger charge is -2.02. The van der Waals surface area contributed by atoms with Crippen LogP contribution in [0.15, 0.2) is 24.3 Å². The number of hydrogen-bond donors (Lipinski definition) is 1. The zero-order valence-corrected chi connectivity index (χ0v) is 10.5. The lowest BCUT2D eigenvalue weighted by Crippen LogP contribution is -2.07. The van der Waals surface area contributed by atoms with E-state index in [4.69, 9.17) is 5.11 Å². The van der Waals surface area contributed by atoms with Crippen LogP contribution in [0.4, 0.5) is 0 Å². The van der Waals surface area contributed by atoms with Gasteiger partial charge in [-0.3, -0.25) is 4.89 Å². The van der Waals surface area contributed by atoms with Crippen LogP contribution in [0.25, 0.3) is 0 Å². The second-order valence-corrected chi connectivity index (χ2v) is 3.91. The van der Waals surface area contributed by atoms with E-state index in [0.717, 1.165) is 11.8 Å². The Morgan fingerprint density at radius 3 is 2.29 bits per heavy atom. The molecule has 0 amide bonds. The molecule has 1 rings (SSSR count). The molecule has 0 spiro atoms. The van der Waals surface area contributed by atoms with Gasteiger partial charge in [-0.1, -0.05) is 15.9 Å². The van der Waals surface area contributed by atoms with E-state index in [-0.39, 0.29) is 11.1 Å². The highest BCUT2D eigenvalue weighted by molar-refractivity contribution is 9.09. The first-order chi connectivity index (χ1) is 8.15.